The summed E-state index contributed by atoms with van der Waals surface area (Å²) in [6.45, 7) is 7.35. The van der Waals surface area contributed by atoms with E-state index in [2.05, 4.69) is 11.9 Å². The molecule has 2 atom stereocenters. The molecule has 4 amide bonds. The lowest BCUT2D eigenvalue weighted by Crippen LogP contribution is -2.76. The monoisotopic (exact) mass is 678 g/mol. The number of anilines is 1. The quantitative estimate of drug-likeness (QED) is 0.293. The zero-order valence-electron chi connectivity index (χ0n) is 27.7. The molecule has 2 heterocycles. The van der Waals surface area contributed by atoms with Gasteiger partial charge in [0.1, 0.15) is 18.0 Å². The molecule has 5 rings (SSSR count). The number of carbonyl (C=O) groups is 3. The molecule has 2 N–H and O–H groups in total. The third-order valence-corrected chi connectivity index (χ3v) is 8.89. The van der Waals surface area contributed by atoms with Gasteiger partial charge in [-0.25, -0.2) is 14.8 Å². The van der Waals surface area contributed by atoms with Crippen LogP contribution in [0.4, 0.5) is 23.7 Å². The van der Waals surface area contributed by atoms with E-state index in [1.807, 2.05) is 44.2 Å². The Labute approximate surface area is 284 Å². The van der Waals surface area contributed by atoms with Crippen molar-refractivity contribution in [3.63, 3.8) is 0 Å². The summed E-state index contributed by atoms with van der Waals surface area (Å²) in [5.41, 5.74) is 1.27. The lowest BCUT2D eigenvalue weighted by molar-refractivity contribution is -0.189. The number of piperazine rings is 1. The van der Waals surface area contributed by atoms with Crippen molar-refractivity contribution < 1.29 is 32.7 Å². The fraction of sp³-hybridized carbons (Fsp3) is 0.361. The van der Waals surface area contributed by atoms with E-state index in [0.717, 1.165) is 17.7 Å². The Morgan fingerprint density at radius 3 is 2.37 bits per heavy atom. The van der Waals surface area contributed by atoms with Crippen LogP contribution in [0.5, 0.6) is 5.75 Å². The van der Waals surface area contributed by atoms with Crippen LogP contribution in [0.1, 0.15) is 36.1 Å². The first-order valence-electron chi connectivity index (χ1n) is 16.1. The number of rotatable bonds is 10. The van der Waals surface area contributed by atoms with Gasteiger partial charge in [0, 0.05) is 44.8 Å². The van der Waals surface area contributed by atoms with Crippen LogP contribution < -0.4 is 10.2 Å². The number of phenols is 1. The van der Waals surface area contributed by atoms with Crippen LogP contribution >= 0.6 is 0 Å². The highest BCUT2D eigenvalue weighted by molar-refractivity contribution is 5.91. The molecule has 0 radical (unpaired) electrons. The van der Waals surface area contributed by atoms with E-state index in [0.29, 0.717) is 11.3 Å². The molecular formula is C36H41F3N6O4. The van der Waals surface area contributed by atoms with Crippen molar-refractivity contribution in [2.75, 3.05) is 31.6 Å². The molecular weight excluding hydrogens is 637 g/mol. The summed E-state index contributed by atoms with van der Waals surface area (Å²) in [5, 5.41) is 15.7. The number of amides is 4. The second-order valence-corrected chi connectivity index (χ2v) is 12.6. The predicted molar refractivity (Wildman–Crippen MR) is 179 cm³/mol. The average Bonchev–Trinajstić information content (AvgIpc) is 3.06. The summed E-state index contributed by atoms with van der Waals surface area (Å²) in [6.07, 6.45) is -3.97. The van der Waals surface area contributed by atoms with E-state index >= 15 is 0 Å². The Bertz CT molecular complexity index is 1670. The van der Waals surface area contributed by atoms with Crippen molar-refractivity contribution in [2.45, 2.75) is 57.8 Å². The first kappa shape index (κ1) is 35.3. The maximum atomic E-state index is 14.3. The van der Waals surface area contributed by atoms with Crippen LogP contribution in [0.3, 0.4) is 0 Å². The lowest BCUT2D eigenvalue weighted by Gasteiger charge is -2.55. The summed E-state index contributed by atoms with van der Waals surface area (Å²) in [6, 6.07) is 17.6. The van der Waals surface area contributed by atoms with E-state index in [-0.39, 0.29) is 62.4 Å². The maximum absolute atomic E-state index is 14.3. The summed E-state index contributed by atoms with van der Waals surface area (Å²) in [7, 11) is 1.70. The second kappa shape index (κ2) is 14.6. The van der Waals surface area contributed by atoms with E-state index in [4.69, 9.17) is 0 Å². The Balaban J connectivity index is 1.55. The van der Waals surface area contributed by atoms with Gasteiger partial charge in [0.25, 0.3) is 0 Å². The number of carbonyl (C=O) groups excluding carboxylic acids is 3. The zero-order valence-corrected chi connectivity index (χ0v) is 27.7. The normalized spacial score (nSPS) is 18.5. The molecule has 3 aromatic rings. The molecule has 3 aromatic carbocycles. The Kier molecular flexibility index (Phi) is 10.5. The third-order valence-electron chi connectivity index (χ3n) is 8.89. The standard InChI is InChI=1S/C36H41F3N6O4/c1-5-15-43-23-33(47)44-31(18-25-11-13-30(46)14-12-25)34(48)42(22-32(44)45(43)35(49)40-20-26-9-7-6-8-10-26)21-27-16-28(36(37,38)39)19-29(17-27)41(4)24(2)3/h5-14,16-17,19,24,31-32,46H,1,15,18,20-23H2,2-4H3,(H,40,49)/t31-,32-/m0/s1. The first-order chi connectivity index (χ1) is 23.3. The maximum Gasteiger partial charge on any atom is 0.416 e. The van der Waals surface area contributed by atoms with Crippen LogP contribution in [0.2, 0.25) is 0 Å². The van der Waals surface area contributed by atoms with Gasteiger partial charge in [-0.05, 0) is 60.9 Å². The molecule has 2 saturated heterocycles. The molecule has 0 bridgehead atoms. The minimum atomic E-state index is -4.62. The van der Waals surface area contributed by atoms with Gasteiger partial charge in [0.05, 0.1) is 18.7 Å². The number of benzene rings is 3. The van der Waals surface area contributed by atoms with Crippen molar-refractivity contribution >= 4 is 23.5 Å². The minimum Gasteiger partial charge on any atom is -0.508 e. The largest absolute Gasteiger partial charge is 0.508 e. The molecule has 2 aliphatic heterocycles. The summed E-state index contributed by atoms with van der Waals surface area (Å²) < 4.78 is 42.3. The van der Waals surface area contributed by atoms with Crippen molar-refractivity contribution in [3.8, 4) is 5.75 Å². The van der Waals surface area contributed by atoms with Crippen molar-refractivity contribution in [3.05, 3.63) is 108 Å². The number of hydrogen-bond donors (Lipinski definition) is 2. The molecule has 0 unspecified atom stereocenters. The van der Waals surface area contributed by atoms with Gasteiger partial charge in [0.15, 0.2) is 0 Å². The summed E-state index contributed by atoms with van der Waals surface area (Å²) >= 11 is 0. The lowest BCUT2D eigenvalue weighted by atomic mass is 9.98. The second-order valence-electron chi connectivity index (χ2n) is 12.6. The third kappa shape index (κ3) is 7.99. The summed E-state index contributed by atoms with van der Waals surface area (Å²) in [5.74, 6) is -0.813. The number of aromatic hydroxyl groups is 1. The molecule has 2 aliphatic rings. The Hall–Kier alpha value is -5.04. The number of fused-ring (bicyclic) bond motifs is 1. The van der Waals surface area contributed by atoms with Crippen molar-refractivity contribution in [1.82, 2.24) is 25.1 Å². The Morgan fingerprint density at radius 1 is 1.04 bits per heavy atom. The van der Waals surface area contributed by atoms with Gasteiger partial charge in [0.2, 0.25) is 11.8 Å². The number of hydrazine groups is 1. The van der Waals surface area contributed by atoms with E-state index in [1.54, 1.807) is 41.2 Å². The van der Waals surface area contributed by atoms with E-state index in [9.17, 15) is 32.7 Å². The highest BCUT2D eigenvalue weighted by Crippen LogP contribution is 2.35. The van der Waals surface area contributed by atoms with Crippen molar-refractivity contribution in [2.24, 2.45) is 0 Å². The van der Waals surface area contributed by atoms with Crippen LogP contribution in [0.15, 0.2) is 85.5 Å². The van der Waals surface area contributed by atoms with Crippen LogP contribution in [0.25, 0.3) is 0 Å². The number of halogens is 3. The molecule has 0 saturated carbocycles. The molecule has 0 aliphatic carbocycles. The average molecular weight is 679 g/mol. The minimum absolute atomic E-state index is 0.0281. The number of alkyl halides is 3. The molecule has 13 heteroatoms. The Morgan fingerprint density at radius 2 is 1.73 bits per heavy atom. The number of nitrogens with zero attached hydrogens (tertiary/aromatic N) is 5. The summed E-state index contributed by atoms with van der Waals surface area (Å²) in [4.78, 5) is 46.6. The van der Waals surface area contributed by atoms with Gasteiger partial charge >= 0.3 is 12.2 Å². The fourth-order valence-corrected chi connectivity index (χ4v) is 6.20. The number of phenolic OH excluding ortho intramolecular Hbond substituents is 1. The SMILES string of the molecule is C=CCN1CC(=O)N2[C@@H](Cc3ccc(O)cc3)C(=O)N(Cc3cc(N(C)C(C)C)cc(C(F)(F)F)c3)C[C@@H]2N1C(=O)NCc1ccccc1. The number of nitrogens with one attached hydrogen (secondary N) is 1. The number of urea groups is 1. The zero-order chi connectivity index (χ0) is 35.5. The smallest absolute Gasteiger partial charge is 0.416 e. The molecule has 0 spiro atoms. The van der Waals surface area contributed by atoms with E-state index in [1.165, 1.54) is 26.9 Å². The van der Waals surface area contributed by atoms with Crippen molar-refractivity contribution in [1.29, 1.82) is 0 Å². The van der Waals surface area contributed by atoms with Gasteiger partial charge in [-0.2, -0.15) is 13.2 Å². The van der Waals surface area contributed by atoms with Gasteiger partial charge in [-0.15, -0.1) is 6.58 Å². The molecule has 10 nitrogen and oxygen atoms in total. The molecule has 260 valence electrons. The van der Waals surface area contributed by atoms with Gasteiger partial charge in [-0.1, -0.05) is 48.5 Å². The van der Waals surface area contributed by atoms with Gasteiger partial charge < -0.3 is 25.1 Å². The highest BCUT2D eigenvalue weighted by Gasteiger charge is 2.51. The van der Waals surface area contributed by atoms with Crippen LogP contribution in [-0.2, 0) is 35.3 Å². The number of hydrogen-bond acceptors (Lipinski definition) is 6. The van der Waals surface area contributed by atoms with E-state index < -0.39 is 35.9 Å². The molecule has 49 heavy (non-hydrogen) atoms. The molecule has 0 aromatic heterocycles. The van der Waals surface area contributed by atoms with Gasteiger partial charge in [-0.3, -0.25) is 9.59 Å². The molecule has 2 fully saturated rings. The fourth-order valence-electron chi connectivity index (χ4n) is 6.20. The highest BCUT2D eigenvalue weighted by atomic mass is 19.4. The predicted octanol–water partition coefficient (Wildman–Crippen LogP) is 4.99. The first-order valence-corrected chi connectivity index (χ1v) is 16.1. The van der Waals surface area contributed by atoms with Crippen LogP contribution in [-0.4, -0.2) is 87.7 Å². The van der Waals surface area contributed by atoms with Crippen LogP contribution in [0, 0.1) is 0 Å². The topological polar surface area (TPSA) is 99.7 Å².